The Morgan fingerprint density at radius 3 is 2.42 bits per heavy atom. The zero-order valence-corrected chi connectivity index (χ0v) is 6.23. The maximum atomic E-state index is 12.8. The van der Waals surface area contributed by atoms with Crippen LogP contribution >= 0.6 is 0 Å². The van der Waals surface area contributed by atoms with Crippen LogP contribution in [0.15, 0.2) is 18.2 Å². The van der Waals surface area contributed by atoms with Gasteiger partial charge >= 0.3 is 0 Å². The van der Waals surface area contributed by atoms with Crippen molar-refractivity contribution >= 4 is 0 Å². The Hall–Kier alpha value is -1.03. The summed E-state index contributed by atoms with van der Waals surface area (Å²) in [7, 11) is 0. The van der Waals surface area contributed by atoms with Gasteiger partial charge in [-0.05, 0) is 6.07 Å². The lowest BCUT2D eigenvalue weighted by Crippen LogP contribution is -2.00. The zero-order chi connectivity index (χ0) is 9.14. The average molecular weight is 175 g/mol. The number of rotatable bonds is 2. The number of halogens is 3. The average Bonchev–Trinajstić information content (AvgIpc) is 2.04. The fourth-order valence-corrected chi connectivity index (χ4v) is 0.865. The van der Waals surface area contributed by atoms with E-state index in [2.05, 4.69) is 0 Å². The summed E-state index contributed by atoms with van der Waals surface area (Å²) in [5, 5.41) is 0. The molecule has 1 nitrogen and oxygen atoms in total. The van der Waals surface area contributed by atoms with E-state index >= 15 is 0 Å². The van der Waals surface area contributed by atoms with Gasteiger partial charge in [0, 0.05) is 17.7 Å². The molecule has 0 fully saturated rings. The lowest BCUT2D eigenvalue weighted by molar-refractivity contribution is 0.151. The van der Waals surface area contributed by atoms with Crippen LogP contribution in [-0.2, 0) is 6.54 Å². The second-order valence-corrected chi connectivity index (χ2v) is 2.36. The molecular formula is C8H8F3N. The van der Waals surface area contributed by atoms with Gasteiger partial charge in [-0.25, -0.2) is 13.2 Å². The second kappa shape index (κ2) is 3.58. The predicted molar refractivity (Wildman–Crippen MR) is 39.2 cm³/mol. The molecule has 0 bridgehead atoms. The molecule has 1 aromatic carbocycles. The van der Waals surface area contributed by atoms with E-state index in [9.17, 15) is 13.2 Å². The van der Waals surface area contributed by atoms with E-state index in [1.54, 1.807) is 0 Å². The van der Waals surface area contributed by atoms with Crippen LogP contribution < -0.4 is 5.73 Å². The van der Waals surface area contributed by atoms with Gasteiger partial charge in [-0.15, -0.1) is 0 Å². The molecule has 0 unspecified atom stereocenters. The van der Waals surface area contributed by atoms with Gasteiger partial charge in [0.15, 0.2) is 0 Å². The monoisotopic (exact) mass is 175 g/mol. The minimum Gasteiger partial charge on any atom is -0.326 e. The molecule has 4 heteroatoms. The molecule has 0 aromatic heterocycles. The molecule has 0 aliphatic carbocycles. The Labute approximate surface area is 68.0 Å². The summed E-state index contributed by atoms with van der Waals surface area (Å²) >= 11 is 0. The fourth-order valence-electron chi connectivity index (χ4n) is 0.865. The number of hydrogen-bond acceptors (Lipinski definition) is 1. The summed E-state index contributed by atoms with van der Waals surface area (Å²) < 4.78 is 36.8. The van der Waals surface area contributed by atoms with Crippen molar-refractivity contribution < 1.29 is 13.2 Å². The standard InChI is InChI=1S/C8H8F3N/c9-7-3-5(8(10)11)1-2-6(7)4-12/h1-3,8H,4,12H2. The fraction of sp³-hybridized carbons (Fsp3) is 0.250. The molecule has 1 aromatic rings. The van der Waals surface area contributed by atoms with Crippen molar-refractivity contribution in [2.75, 3.05) is 0 Å². The van der Waals surface area contributed by atoms with Crippen molar-refractivity contribution in [1.29, 1.82) is 0 Å². The van der Waals surface area contributed by atoms with Crippen LogP contribution in [0, 0.1) is 5.82 Å². The highest BCUT2D eigenvalue weighted by atomic mass is 19.3. The van der Waals surface area contributed by atoms with E-state index in [1.165, 1.54) is 12.1 Å². The van der Waals surface area contributed by atoms with Crippen molar-refractivity contribution in [1.82, 2.24) is 0 Å². The highest BCUT2D eigenvalue weighted by Crippen LogP contribution is 2.20. The van der Waals surface area contributed by atoms with Gasteiger partial charge < -0.3 is 5.73 Å². The van der Waals surface area contributed by atoms with Crippen LogP contribution in [0.5, 0.6) is 0 Å². The maximum absolute atomic E-state index is 12.8. The molecule has 0 aliphatic rings. The van der Waals surface area contributed by atoms with Gasteiger partial charge in [0.25, 0.3) is 6.43 Å². The first-order valence-corrected chi connectivity index (χ1v) is 3.41. The van der Waals surface area contributed by atoms with Crippen molar-refractivity contribution in [3.05, 3.63) is 35.1 Å². The molecule has 0 amide bonds. The largest absolute Gasteiger partial charge is 0.326 e. The van der Waals surface area contributed by atoms with Crippen molar-refractivity contribution in [2.45, 2.75) is 13.0 Å². The summed E-state index contributed by atoms with van der Waals surface area (Å²) in [6.07, 6.45) is -2.63. The van der Waals surface area contributed by atoms with E-state index in [4.69, 9.17) is 5.73 Å². The quantitative estimate of drug-likeness (QED) is 0.732. The lowest BCUT2D eigenvalue weighted by atomic mass is 10.1. The summed E-state index contributed by atoms with van der Waals surface area (Å²) in [6, 6.07) is 3.26. The van der Waals surface area contributed by atoms with Crippen LogP contribution in [0.3, 0.4) is 0 Å². The highest BCUT2D eigenvalue weighted by molar-refractivity contribution is 5.24. The van der Waals surface area contributed by atoms with Crippen molar-refractivity contribution in [3.8, 4) is 0 Å². The molecule has 0 atom stereocenters. The normalized spacial score (nSPS) is 10.8. The van der Waals surface area contributed by atoms with Crippen LogP contribution in [0.1, 0.15) is 17.6 Å². The van der Waals surface area contributed by atoms with Gasteiger partial charge in [0.2, 0.25) is 0 Å². The molecule has 0 heterocycles. The third-order valence-electron chi connectivity index (χ3n) is 1.55. The first-order valence-electron chi connectivity index (χ1n) is 3.41. The van der Waals surface area contributed by atoms with Crippen LogP contribution in [0.2, 0.25) is 0 Å². The number of alkyl halides is 2. The van der Waals surface area contributed by atoms with Crippen LogP contribution in [0.25, 0.3) is 0 Å². The van der Waals surface area contributed by atoms with E-state index in [-0.39, 0.29) is 17.7 Å². The summed E-state index contributed by atoms with van der Waals surface area (Å²) in [4.78, 5) is 0. The third-order valence-corrected chi connectivity index (χ3v) is 1.55. The molecule has 0 saturated carbocycles. The smallest absolute Gasteiger partial charge is 0.263 e. The first-order chi connectivity index (χ1) is 5.65. The minimum absolute atomic E-state index is 0.0232. The molecule has 12 heavy (non-hydrogen) atoms. The second-order valence-electron chi connectivity index (χ2n) is 2.36. The molecule has 0 saturated heterocycles. The SMILES string of the molecule is NCc1ccc(C(F)F)cc1F. The topological polar surface area (TPSA) is 26.0 Å². The molecule has 2 N–H and O–H groups in total. The molecule has 66 valence electrons. The number of benzene rings is 1. The summed E-state index contributed by atoms with van der Waals surface area (Å²) in [5.74, 6) is -0.671. The maximum Gasteiger partial charge on any atom is 0.263 e. The van der Waals surface area contributed by atoms with E-state index in [0.717, 1.165) is 6.07 Å². The van der Waals surface area contributed by atoms with Gasteiger partial charge in [-0.1, -0.05) is 12.1 Å². The Bertz CT molecular complexity index is 273. The Kier molecular flexibility index (Phi) is 2.70. The van der Waals surface area contributed by atoms with Crippen molar-refractivity contribution in [3.63, 3.8) is 0 Å². The van der Waals surface area contributed by atoms with Crippen LogP contribution in [-0.4, -0.2) is 0 Å². The van der Waals surface area contributed by atoms with Crippen LogP contribution in [0.4, 0.5) is 13.2 Å². The lowest BCUT2D eigenvalue weighted by Gasteiger charge is -2.02. The van der Waals surface area contributed by atoms with E-state index in [1.807, 2.05) is 0 Å². The highest BCUT2D eigenvalue weighted by Gasteiger charge is 2.09. The van der Waals surface area contributed by atoms with Gasteiger partial charge in [0.05, 0.1) is 0 Å². The van der Waals surface area contributed by atoms with Crippen molar-refractivity contribution in [2.24, 2.45) is 5.73 Å². The third kappa shape index (κ3) is 1.76. The molecule has 1 rings (SSSR count). The number of hydrogen-bond donors (Lipinski definition) is 1. The molecule has 0 aliphatic heterocycles. The Morgan fingerprint density at radius 2 is 2.00 bits per heavy atom. The summed E-state index contributed by atoms with van der Waals surface area (Å²) in [5.41, 5.74) is 5.08. The van der Waals surface area contributed by atoms with E-state index < -0.39 is 12.2 Å². The van der Waals surface area contributed by atoms with Gasteiger partial charge in [-0.3, -0.25) is 0 Å². The molecular weight excluding hydrogens is 167 g/mol. The zero-order valence-electron chi connectivity index (χ0n) is 6.23. The van der Waals surface area contributed by atoms with E-state index in [0.29, 0.717) is 0 Å². The van der Waals surface area contributed by atoms with Gasteiger partial charge in [0.1, 0.15) is 5.82 Å². The predicted octanol–water partition coefficient (Wildman–Crippen LogP) is 2.22. The number of nitrogens with two attached hydrogens (primary N) is 1. The molecule has 0 radical (unpaired) electrons. The Morgan fingerprint density at radius 1 is 1.33 bits per heavy atom. The summed E-state index contributed by atoms with van der Waals surface area (Å²) in [6.45, 7) is 0.0232. The van der Waals surface area contributed by atoms with Gasteiger partial charge in [-0.2, -0.15) is 0 Å². The minimum atomic E-state index is -2.63. The molecule has 0 spiro atoms. The first kappa shape index (κ1) is 9.06. The Balaban J connectivity index is 3.02.